The van der Waals surface area contributed by atoms with Crippen molar-refractivity contribution < 1.29 is 9.59 Å². The summed E-state index contributed by atoms with van der Waals surface area (Å²) in [5.41, 5.74) is 5.25. The molecule has 0 saturated carbocycles. The van der Waals surface area contributed by atoms with Gasteiger partial charge in [-0.25, -0.2) is 10.2 Å². The molecule has 0 radical (unpaired) electrons. The third-order valence-electron chi connectivity index (χ3n) is 2.91. The summed E-state index contributed by atoms with van der Waals surface area (Å²) in [6.07, 6.45) is 5.81. The van der Waals surface area contributed by atoms with Crippen LogP contribution in [0, 0.1) is 0 Å². The van der Waals surface area contributed by atoms with Crippen LogP contribution in [0.3, 0.4) is 0 Å². The van der Waals surface area contributed by atoms with Gasteiger partial charge in [0.15, 0.2) is 0 Å². The number of nitrogens with one attached hydrogen (secondary N) is 3. The first-order valence-corrected chi connectivity index (χ1v) is 7.61. The molecule has 5 nitrogen and oxygen atoms in total. The van der Waals surface area contributed by atoms with E-state index in [1.165, 1.54) is 12.8 Å². The van der Waals surface area contributed by atoms with Crippen molar-refractivity contribution in [3.63, 3.8) is 0 Å². The van der Waals surface area contributed by atoms with Crippen LogP contribution in [0.2, 0.25) is 5.02 Å². The molecule has 0 saturated heterocycles. The van der Waals surface area contributed by atoms with E-state index in [0.29, 0.717) is 17.1 Å². The Bertz CT molecular complexity index is 466. The second-order valence-electron chi connectivity index (χ2n) is 4.80. The van der Waals surface area contributed by atoms with Crippen molar-refractivity contribution in [2.45, 2.75) is 45.4 Å². The molecule has 3 N–H and O–H groups in total. The van der Waals surface area contributed by atoms with Crippen LogP contribution < -0.4 is 16.2 Å². The molecule has 0 spiro atoms. The van der Waals surface area contributed by atoms with E-state index in [4.69, 9.17) is 11.6 Å². The standard InChI is InChI=1S/C15H22ClN3O2/c1-2-3-4-5-6-10-14(20)18-19-15(21)17-13-9-7-8-12(16)11-13/h7-9,11H,2-6,10H2,1H3,(H,18,20)(H2,17,19,21). The summed E-state index contributed by atoms with van der Waals surface area (Å²) in [5.74, 6) is -0.187. The van der Waals surface area contributed by atoms with Gasteiger partial charge in [0, 0.05) is 17.1 Å². The molecular weight excluding hydrogens is 290 g/mol. The van der Waals surface area contributed by atoms with Crippen LogP contribution in [-0.2, 0) is 4.79 Å². The lowest BCUT2D eigenvalue weighted by molar-refractivity contribution is -0.121. The quantitative estimate of drug-likeness (QED) is 0.528. The fourth-order valence-corrected chi connectivity index (χ4v) is 2.00. The van der Waals surface area contributed by atoms with Crippen molar-refractivity contribution in [1.29, 1.82) is 0 Å². The lowest BCUT2D eigenvalue weighted by Crippen LogP contribution is -2.43. The molecule has 3 amide bonds. The molecule has 0 aliphatic carbocycles. The van der Waals surface area contributed by atoms with E-state index >= 15 is 0 Å². The SMILES string of the molecule is CCCCCCCC(=O)NNC(=O)Nc1cccc(Cl)c1. The summed E-state index contributed by atoms with van der Waals surface area (Å²) >= 11 is 5.81. The summed E-state index contributed by atoms with van der Waals surface area (Å²) in [7, 11) is 0. The van der Waals surface area contributed by atoms with Gasteiger partial charge in [0.1, 0.15) is 0 Å². The molecule has 1 rings (SSSR count). The lowest BCUT2D eigenvalue weighted by Gasteiger charge is -2.09. The average Bonchev–Trinajstić information content (AvgIpc) is 2.45. The van der Waals surface area contributed by atoms with Gasteiger partial charge >= 0.3 is 6.03 Å². The van der Waals surface area contributed by atoms with Gasteiger partial charge in [-0.2, -0.15) is 0 Å². The fraction of sp³-hybridized carbons (Fsp3) is 0.467. The number of rotatable bonds is 7. The van der Waals surface area contributed by atoms with Gasteiger partial charge in [0.2, 0.25) is 5.91 Å². The normalized spacial score (nSPS) is 10.0. The topological polar surface area (TPSA) is 70.2 Å². The first-order chi connectivity index (χ1) is 10.1. The zero-order valence-electron chi connectivity index (χ0n) is 12.2. The molecule has 0 atom stereocenters. The number of halogens is 1. The minimum atomic E-state index is -0.503. The first kappa shape index (κ1) is 17.3. The highest BCUT2D eigenvalue weighted by atomic mass is 35.5. The number of anilines is 1. The Balaban J connectivity index is 2.16. The monoisotopic (exact) mass is 311 g/mol. The Hall–Kier alpha value is -1.75. The number of benzene rings is 1. The molecule has 6 heteroatoms. The highest BCUT2D eigenvalue weighted by Crippen LogP contribution is 2.14. The van der Waals surface area contributed by atoms with Gasteiger partial charge in [-0.15, -0.1) is 0 Å². The largest absolute Gasteiger partial charge is 0.337 e. The van der Waals surface area contributed by atoms with E-state index in [9.17, 15) is 9.59 Å². The molecule has 1 aromatic rings. The van der Waals surface area contributed by atoms with Crippen LogP contribution >= 0.6 is 11.6 Å². The van der Waals surface area contributed by atoms with E-state index in [2.05, 4.69) is 23.1 Å². The van der Waals surface area contributed by atoms with E-state index in [1.54, 1.807) is 24.3 Å². The summed E-state index contributed by atoms with van der Waals surface area (Å²) in [6.45, 7) is 2.15. The van der Waals surface area contributed by atoms with Crippen LogP contribution in [0.15, 0.2) is 24.3 Å². The van der Waals surface area contributed by atoms with Gasteiger partial charge in [0.25, 0.3) is 0 Å². The fourth-order valence-electron chi connectivity index (χ4n) is 1.81. The number of amides is 3. The Morgan fingerprint density at radius 3 is 2.57 bits per heavy atom. The maximum atomic E-state index is 11.6. The molecule has 21 heavy (non-hydrogen) atoms. The molecular formula is C15H22ClN3O2. The molecule has 0 fully saturated rings. The highest BCUT2D eigenvalue weighted by Gasteiger charge is 2.04. The third-order valence-corrected chi connectivity index (χ3v) is 3.14. The van der Waals surface area contributed by atoms with Crippen molar-refractivity contribution in [2.75, 3.05) is 5.32 Å². The molecule has 1 aromatic carbocycles. The highest BCUT2D eigenvalue weighted by molar-refractivity contribution is 6.30. The van der Waals surface area contributed by atoms with E-state index < -0.39 is 6.03 Å². The lowest BCUT2D eigenvalue weighted by atomic mass is 10.1. The predicted molar refractivity (Wildman–Crippen MR) is 85.1 cm³/mol. The minimum Gasteiger partial charge on any atom is -0.307 e. The number of carbonyl (C=O) groups excluding carboxylic acids is 2. The Kier molecular flexibility index (Phi) is 8.28. The molecule has 0 aliphatic rings. The van der Waals surface area contributed by atoms with Crippen LogP contribution in [0.1, 0.15) is 45.4 Å². The summed E-state index contributed by atoms with van der Waals surface area (Å²) in [5, 5.41) is 3.10. The summed E-state index contributed by atoms with van der Waals surface area (Å²) in [4.78, 5) is 23.1. The van der Waals surface area contributed by atoms with Crippen LogP contribution in [0.5, 0.6) is 0 Å². The van der Waals surface area contributed by atoms with Crippen molar-refractivity contribution >= 4 is 29.2 Å². The van der Waals surface area contributed by atoms with Gasteiger partial charge in [-0.3, -0.25) is 10.2 Å². The van der Waals surface area contributed by atoms with E-state index in [0.717, 1.165) is 19.3 Å². The number of urea groups is 1. The summed E-state index contributed by atoms with van der Waals surface area (Å²) in [6, 6.07) is 6.27. The number of hydrogen-bond acceptors (Lipinski definition) is 2. The third kappa shape index (κ3) is 8.19. The van der Waals surface area contributed by atoms with Gasteiger partial charge in [-0.05, 0) is 24.6 Å². The number of unbranched alkanes of at least 4 members (excludes halogenated alkanes) is 4. The molecule has 0 aromatic heterocycles. The van der Waals surface area contributed by atoms with E-state index in [1.807, 2.05) is 0 Å². The molecule has 116 valence electrons. The Labute approximate surface area is 130 Å². The second kappa shape index (κ2) is 10.0. The van der Waals surface area contributed by atoms with Gasteiger partial charge in [0.05, 0.1) is 0 Å². The molecule has 0 unspecified atom stereocenters. The number of hydrogen-bond donors (Lipinski definition) is 3. The van der Waals surface area contributed by atoms with Crippen LogP contribution in [-0.4, -0.2) is 11.9 Å². The smallest absolute Gasteiger partial charge is 0.307 e. The Morgan fingerprint density at radius 2 is 1.86 bits per heavy atom. The maximum Gasteiger partial charge on any atom is 0.337 e. The Morgan fingerprint density at radius 1 is 1.10 bits per heavy atom. The molecule has 0 aliphatic heterocycles. The first-order valence-electron chi connectivity index (χ1n) is 7.23. The van der Waals surface area contributed by atoms with Gasteiger partial charge in [-0.1, -0.05) is 50.3 Å². The predicted octanol–water partition coefficient (Wildman–Crippen LogP) is 3.85. The van der Waals surface area contributed by atoms with E-state index in [-0.39, 0.29) is 5.91 Å². The number of carbonyl (C=O) groups is 2. The van der Waals surface area contributed by atoms with Crippen molar-refractivity contribution in [3.8, 4) is 0 Å². The molecule has 0 heterocycles. The van der Waals surface area contributed by atoms with Crippen LogP contribution in [0.4, 0.5) is 10.5 Å². The zero-order chi connectivity index (χ0) is 15.5. The van der Waals surface area contributed by atoms with Gasteiger partial charge < -0.3 is 5.32 Å². The minimum absolute atomic E-state index is 0.187. The van der Waals surface area contributed by atoms with Crippen molar-refractivity contribution in [3.05, 3.63) is 29.3 Å². The average molecular weight is 312 g/mol. The number of hydrazine groups is 1. The van der Waals surface area contributed by atoms with Crippen molar-refractivity contribution in [1.82, 2.24) is 10.9 Å². The second-order valence-corrected chi connectivity index (χ2v) is 5.24. The van der Waals surface area contributed by atoms with Crippen molar-refractivity contribution in [2.24, 2.45) is 0 Å². The summed E-state index contributed by atoms with van der Waals surface area (Å²) < 4.78 is 0. The zero-order valence-corrected chi connectivity index (χ0v) is 13.0. The van der Waals surface area contributed by atoms with Crippen LogP contribution in [0.25, 0.3) is 0 Å². The molecule has 0 bridgehead atoms. The maximum absolute atomic E-state index is 11.6.